The lowest BCUT2D eigenvalue weighted by Gasteiger charge is -2.01. The third-order valence-electron chi connectivity index (χ3n) is 1.17. The molecule has 0 radical (unpaired) electrons. The van der Waals surface area contributed by atoms with Crippen molar-refractivity contribution in [1.29, 1.82) is 0 Å². The second kappa shape index (κ2) is 5.63. The number of carbonyl (C=O) groups excluding carboxylic acids is 1. The molecule has 1 aromatic rings. The van der Waals surface area contributed by atoms with Crippen molar-refractivity contribution in [1.82, 2.24) is 4.98 Å². The largest absolute Gasteiger partial charge is 0.370 e. The van der Waals surface area contributed by atoms with E-state index in [-0.39, 0.29) is 12.5 Å². The Morgan fingerprint density at radius 2 is 2.62 bits per heavy atom. The Bertz CT molecular complexity index is 250. The monoisotopic (exact) mass is 201 g/mol. The Morgan fingerprint density at radius 1 is 1.77 bits per heavy atom. The van der Waals surface area contributed by atoms with Crippen molar-refractivity contribution in [3.63, 3.8) is 0 Å². The Morgan fingerprint density at radius 3 is 3.23 bits per heavy atom. The summed E-state index contributed by atoms with van der Waals surface area (Å²) in [4.78, 5) is 15.0. The van der Waals surface area contributed by atoms with Gasteiger partial charge in [-0.2, -0.15) is 0 Å². The molecule has 0 spiro atoms. The molecule has 0 fully saturated rings. The molecule has 0 aliphatic carbocycles. The molecule has 0 unspecified atom stereocenters. The summed E-state index contributed by atoms with van der Waals surface area (Å²) in [6, 6.07) is 0. The van der Waals surface area contributed by atoms with Gasteiger partial charge in [-0.1, -0.05) is 0 Å². The molecule has 0 aliphatic heterocycles. The number of hydrogen-bond donors (Lipinski definition) is 2. The van der Waals surface area contributed by atoms with Gasteiger partial charge in [0.05, 0.1) is 6.61 Å². The highest BCUT2D eigenvalue weighted by molar-refractivity contribution is 7.13. The van der Waals surface area contributed by atoms with Crippen LogP contribution in [0.15, 0.2) is 11.6 Å². The smallest absolute Gasteiger partial charge is 0.252 e. The maximum atomic E-state index is 11.1. The topological polar surface area (TPSA) is 77.2 Å². The van der Waals surface area contributed by atoms with Crippen LogP contribution in [-0.4, -0.2) is 30.6 Å². The molecule has 6 heteroatoms. The van der Waals surface area contributed by atoms with E-state index in [4.69, 9.17) is 10.5 Å². The zero-order valence-corrected chi connectivity index (χ0v) is 7.84. The molecular weight excluding hydrogens is 190 g/mol. The van der Waals surface area contributed by atoms with Crippen molar-refractivity contribution in [2.45, 2.75) is 0 Å². The van der Waals surface area contributed by atoms with Crippen molar-refractivity contribution in [3.8, 4) is 0 Å². The number of nitrogens with two attached hydrogens (primary N) is 1. The Labute approximate surface area is 79.9 Å². The highest BCUT2D eigenvalue weighted by Crippen LogP contribution is 2.09. The van der Waals surface area contributed by atoms with E-state index >= 15 is 0 Å². The van der Waals surface area contributed by atoms with Crippen molar-refractivity contribution >= 4 is 22.4 Å². The van der Waals surface area contributed by atoms with E-state index in [1.54, 1.807) is 11.6 Å². The molecule has 0 saturated heterocycles. The maximum absolute atomic E-state index is 11.1. The summed E-state index contributed by atoms with van der Waals surface area (Å²) in [5.41, 5.74) is 5.18. The zero-order chi connectivity index (χ0) is 9.52. The van der Waals surface area contributed by atoms with Gasteiger partial charge < -0.3 is 10.5 Å². The van der Waals surface area contributed by atoms with Crippen LogP contribution in [0.1, 0.15) is 0 Å². The highest BCUT2D eigenvalue weighted by Gasteiger charge is 2.02. The van der Waals surface area contributed by atoms with Crippen LogP contribution >= 0.6 is 11.3 Å². The molecule has 0 atom stereocenters. The van der Waals surface area contributed by atoms with Gasteiger partial charge in [0.15, 0.2) is 5.13 Å². The van der Waals surface area contributed by atoms with Crippen LogP contribution < -0.4 is 11.1 Å². The fourth-order valence-corrected chi connectivity index (χ4v) is 1.23. The predicted molar refractivity (Wildman–Crippen MR) is 50.6 cm³/mol. The van der Waals surface area contributed by atoms with Crippen LogP contribution in [0.5, 0.6) is 0 Å². The van der Waals surface area contributed by atoms with Gasteiger partial charge in [-0.25, -0.2) is 4.98 Å². The van der Waals surface area contributed by atoms with Gasteiger partial charge in [-0.3, -0.25) is 10.1 Å². The minimum Gasteiger partial charge on any atom is -0.370 e. The van der Waals surface area contributed by atoms with E-state index in [0.717, 1.165) is 0 Å². The molecule has 0 saturated carbocycles. The van der Waals surface area contributed by atoms with E-state index in [1.807, 2.05) is 0 Å². The summed E-state index contributed by atoms with van der Waals surface area (Å²) in [5.74, 6) is -0.205. The van der Waals surface area contributed by atoms with Crippen molar-refractivity contribution in [2.75, 3.05) is 25.1 Å². The zero-order valence-electron chi connectivity index (χ0n) is 7.03. The van der Waals surface area contributed by atoms with Crippen LogP contribution in [0.4, 0.5) is 5.13 Å². The standard InChI is InChI=1S/C7H11N3O2S/c8-1-3-12-5-6(11)10-7-9-2-4-13-7/h2,4H,1,3,5,8H2,(H,9,10,11). The number of anilines is 1. The number of carbonyl (C=O) groups is 1. The molecule has 5 nitrogen and oxygen atoms in total. The first-order chi connectivity index (χ1) is 6.33. The minimum atomic E-state index is -0.205. The van der Waals surface area contributed by atoms with Crippen LogP contribution in [0.25, 0.3) is 0 Å². The molecule has 1 rings (SSSR count). The first kappa shape index (κ1) is 10.1. The first-order valence-electron chi connectivity index (χ1n) is 3.80. The summed E-state index contributed by atoms with van der Waals surface area (Å²) >= 11 is 1.37. The number of rotatable bonds is 5. The number of thiazole rings is 1. The van der Waals surface area contributed by atoms with E-state index in [1.165, 1.54) is 11.3 Å². The Hall–Kier alpha value is -0.980. The summed E-state index contributed by atoms with van der Waals surface area (Å²) in [6.45, 7) is 0.840. The lowest BCUT2D eigenvalue weighted by molar-refractivity contribution is -0.120. The molecule has 13 heavy (non-hydrogen) atoms. The Kier molecular flexibility index (Phi) is 4.37. The quantitative estimate of drug-likeness (QED) is 0.660. The van der Waals surface area contributed by atoms with E-state index < -0.39 is 0 Å². The van der Waals surface area contributed by atoms with E-state index in [2.05, 4.69) is 10.3 Å². The summed E-state index contributed by atoms with van der Waals surface area (Å²) in [6.07, 6.45) is 1.63. The molecule has 0 bridgehead atoms. The number of aromatic nitrogens is 1. The summed E-state index contributed by atoms with van der Waals surface area (Å²) in [7, 11) is 0. The fourth-order valence-electron chi connectivity index (χ4n) is 0.689. The third-order valence-corrected chi connectivity index (χ3v) is 1.86. The maximum Gasteiger partial charge on any atom is 0.252 e. The van der Waals surface area contributed by atoms with Crippen LogP contribution in [0.3, 0.4) is 0 Å². The van der Waals surface area contributed by atoms with Crippen LogP contribution in [0, 0.1) is 0 Å². The molecular formula is C7H11N3O2S. The molecule has 0 aliphatic rings. The average Bonchev–Trinajstić information content (AvgIpc) is 2.57. The lowest BCUT2D eigenvalue weighted by Crippen LogP contribution is -2.20. The van der Waals surface area contributed by atoms with Gasteiger partial charge in [0.2, 0.25) is 0 Å². The molecule has 1 amide bonds. The van der Waals surface area contributed by atoms with Crippen LogP contribution in [0.2, 0.25) is 0 Å². The van der Waals surface area contributed by atoms with Gasteiger partial charge in [-0.15, -0.1) is 11.3 Å². The molecule has 1 aromatic heterocycles. The fraction of sp³-hybridized carbons (Fsp3) is 0.429. The third kappa shape index (κ3) is 3.97. The summed E-state index contributed by atoms with van der Waals surface area (Å²) in [5, 5.41) is 4.96. The SMILES string of the molecule is NCCOCC(=O)Nc1nccs1. The van der Waals surface area contributed by atoms with Crippen molar-refractivity contribution < 1.29 is 9.53 Å². The van der Waals surface area contributed by atoms with E-state index in [9.17, 15) is 4.79 Å². The molecule has 3 N–H and O–H groups in total. The molecule has 1 heterocycles. The van der Waals surface area contributed by atoms with Crippen molar-refractivity contribution in [3.05, 3.63) is 11.6 Å². The Balaban J connectivity index is 2.18. The molecule has 0 aromatic carbocycles. The van der Waals surface area contributed by atoms with Crippen LogP contribution in [-0.2, 0) is 9.53 Å². The number of nitrogens with one attached hydrogen (secondary N) is 1. The van der Waals surface area contributed by atoms with Crippen molar-refractivity contribution in [2.24, 2.45) is 5.73 Å². The second-order valence-electron chi connectivity index (χ2n) is 2.23. The first-order valence-corrected chi connectivity index (χ1v) is 4.68. The predicted octanol–water partition coefficient (Wildman–Crippen LogP) is 0.0569. The van der Waals surface area contributed by atoms with Gasteiger partial charge in [0, 0.05) is 18.1 Å². The van der Waals surface area contributed by atoms with Gasteiger partial charge in [0.1, 0.15) is 6.61 Å². The van der Waals surface area contributed by atoms with Gasteiger partial charge >= 0.3 is 0 Å². The lowest BCUT2D eigenvalue weighted by atomic mass is 10.6. The summed E-state index contributed by atoms with van der Waals surface area (Å²) < 4.78 is 4.93. The normalized spacial score (nSPS) is 9.92. The van der Waals surface area contributed by atoms with Gasteiger partial charge in [-0.05, 0) is 0 Å². The minimum absolute atomic E-state index is 0.0246. The average molecular weight is 201 g/mol. The number of nitrogens with zero attached hydrogens (tertiary/aromatic N) is 1. The highest BCUT2D eigenvalue weighted by atomic mass is 32.1. The number of ether oxygens (including phenoxy) is 1. The number of hydrogen-bond acceptors (Lipinski definition) is 5. The second-order valence-corrected chi connectivity index (χ2v) is 3.12. The van der Waals surface area contributed by atoms with E-state index in [0.29, 0.717) is 18.3 Å². The van der Waals surface area contributed by atoms with Gasteiger partial charge in [0.25, 0.3) is 5.91 Å². The number of amides is 1. The molecule has 72 valence electrons.